The Bertz CT molecular complexity index is 1580. The number of ether oxygens (including phenoxy) is 1. The van der Waals surface area contributed by atoms with Crippen LogP contribution < -0.4 is 15.0 Å². The summed E-state index contributed by atoms with van der Waals surface area (Å²) in [5.41, 5.74) is -4.54. The molecule has 1 aliphatic heterocycles. The lowest BCUT2D eigenvalue weighted by molar-refractivity contribution is -0.192. The number of aromatic nitrogens is 1. The van der Waals surface area contributed by atoms with Gasteiger partial charge in [0.05, 0.1) is 12.8 Å². The smallest absolute Gasteiger partial charge is 0.490 e. The fourth-order valence-corrected chi connectivity index (χ4v) is 4.44. The van der Waals surface area contributed by atoms with E-state index in [0.29, 0.717) is 16.9 Å². The van der Waals surface area contributed by atoms with Crippen molar-refractivity contribution in [1.29, 1.82) is 0 Å². The van der Waals surface area contributed by atoms with Crippen LogP contribution >= 0.6 is 11.8 Å². The quantitative estimate of drug-likeness (QED) is 0.171. The number of hydrogen-bond acceptors (Lipinski definition) is 7. The van der Waals surface area contributed by atoms with E-state index in [1.807, 2.05) is 0 Å². The minimum Gasteiger partial charge on any atom is -0.497 e. The number of thioether (sulfide) groups is 1. The van der Waals surface area contributed by atoms with E-state index in [-0.39, 0.29) is 34.7 Å². The first kappa shape index (κ1) is 34.7. The number of pyridine rings is 1. The minimum atomic E-state index is -5.08. The molecule has 10 nitrogen and oxygen atoms in total. The maximum Gasteiger partial charge on any atom is 0.490 e. The van der Waals surface area contributed by atoms with Crippen LogP contribution in [0.5, 0.6) is 5.75 Å². The van der Waals surface area contributed by atoms with Crippen LogP contribution in [-0.2, 0) is 16.1 Å². The first-order valence-electron chi connectivity index (χ1n) is 12.6. The van der Waals surface area contributed by atoms with Gasteiger partial charge in [-0.2, -0.15) is 26.3 Å². The van der Waals surface area contributed by atoms with Crippen molar-refractivity contribution in [3.05, 3.63) is 78.0 Å². The fourth-order valence-electron chi connectivity index (χ4n) is 3.90. The van der Waals surface area contributed by atoms with Crippen LogP contribution in [0.3, 0.4) is 0 Å². The number of anilines is 2. The van der Waals surface area contributed by atoms with Crippen molar-refractivity contribution in [1.82, 2.24) is 9.88 Å². The number of imide groups is 1. The van der Waals surface area contributed by atoms with Crippen LogP contribution in [0.4, 0.5) is 42.6 Å². The van der Waals surface area contributed by atoms with E-state index in [0.717, 1.165) is 4.90 Å². The molecule has 0 saturated carbocycles. The van der Waals surface area contributed by atoms with E-state index in [1.54, 1.807) is 50.2 Å². The van der Waals surface area contributed by atoms with Crippen molar-refractivity contribution in [2.45, 2.75) is 42.5 Å². The highest BCUT2D eigenvalue weighted by Crippen LogP contribution is 2.39. The summed E-state index contributed by atoms with van der Waals surface area (Å²) in [5, 5.41) is 9.83. The Morgan fingerprint density at radius 3 is 2.18 bits per heavy atom. The Balaban J connectivity index is 0.000000707. The van der Waals surface area contributed by atoms with E-state index >= 15 is 0 Å². The summed E-state index contributed by atoms with van der Waals surface area (Å²) in [7, 11) is 1.50. The van der Waals surface area contributed by atoms with Crippen molar-refractivity contribution in [2.24, 2.45) is 0 Å². The summed E-state index contributed by atoms with van der Waals surface area (Å²) in [6.45, 7) is 3.21. The molecule has 2 aromatic carbocycles. The standard InChI is InChI=1S/C26H23F3N4O4S.C2HF3O2/c1-25(2)23(35)33(18-7-9-20(10-8-18)38-26(27,28)29)24(36)32(25)15-16-11-12-30-21(13-16)31-22(34)17-5-4-6-19(14-17)37-3;3-2(4,5)1(6)7/h4-14H,15H2,1-3H3,(H,30,31,34);(H,6,7). The third-order valence-corrected chi connectivity index (χ3v) is 6.87. The van der Waals surface area contributed by atoms with Crippen LogP contribution in [0.2, 0.25) is 0 Å². The third-order valence-electron chi connectivity index (χ3n) is 6.13. The summed E-state index contributed by atoms with van der Waals surface area (Å²) in [6.07, 6.45) is -3.61. The number of methoxy groups -OCH3 is 1. The van der Waals surface area contributed by atoms with Gasteiger partial charge in [0.2, 0.25) is 0 Å². The lowest BCUT2D eigenvalue weighted by Gasteiger charge is -2.27. The number of carboxylic acids is 1. The van der Waals surface area contributed by atoms with Crippen LogP contribution in [0.15, 0.2) is 71.8 Å². The lowest BCUT2D eigenvalue weighted by Crippen LogP contribution is -2.43. The lowest BCUT2D eigenvalue weighted by atomic mass is 10.0. The Morgan fingerprint density at radius 2 is 1.62 bits per heavy atom. The Morgan fingerprint density at radius 1 is 1.00 bits per heavy atom. The number of amides is 4. The molecule has 4 rings (SSSR count). The number of carbonyl (C=O) groups is 4. The molecule has 1 saturated heterocycles. The first-order valence-corrected chi connectivity index (χ1v) is 13.4. The van der Waals surface area contributed by atoms with Crippen molar-refractivity contribution in [3.63, 3.8) is 0 Å². The molecule has 0 spiro atoms. The van der Waals surface area contributed by atoms with E-state index in [4.69, 9.17) is 14.6 Å². The van der Waals surface area contributed by atoms with E-state index in [9.17, 15) is 40.7 Å². The van der Waals surface area contributed by atoms with Gasteiger partial charge in [0, 0.05) is 23.2 Å². The molecule has 1 aromatic heterocycles. The van der Waals surface area contributed by atoms with Gasteiger partial charge in [-0.15, -0.1) is 0 Å². The molecule has 240 valence electrons. The van der Waals surface area contributed by atoms with E-state index in [2.05, 4.69) is 10.3 Å². The molecule has 4 amide bonds. The summed E-state index contributed by atoms with van der Waals surface area (Å²) in [5.74, 6) is -2.90. The molecular formula is C28H24F6N4O6S. The number of urea groups is 1. The predicted octanol–water partition coefficient (Wildman–Crippen LogP) is 6.34. The van der Waals surface area contributed by atoms with Gasteiger partial charge in [-0.05, 0) is 85.8 Å². The van der Waals surface area contributed by atoms with Gasteiger partial charge in [-0.25, -0.2) is 19.5 Å². The van der Waals surface area contributed by atoms with Crippen molar-refractivity contribution in [2.75, 3.05) is 17.3 Å². The predicted molar refractivity (Wildman–Crippen MR) is 150 cm³/mol. The zero-order valence-corrected chi connectivity index (χ0v) is 24.4. The topological polar surface area (TPSA) is 129 Å². The van der Waals surface area contributed by atoms with Crippen LogP contribution in [0.25, 0.3) is 0 Å². The van der Waals surface area contributed by atoms with Gasteiger partial charge in [0.15, 0.2) is 0 Å². The maximum absolute atomic E-state index is 13.3. The summed E-state index contributed by atoms with van der Waals surface area (Å²) in [6, 6.07) is 14.3. The number of benzene rings is 2. The van der Waals surface area contributed by atoms with E-state index in [1.165, 1.54) is 42.5 Å². The Labute approximate surface area is 256 Å². The zero-order chi connectivity index (χ0) is 33.7. The minimum absolute atomic E-state index is 0.0284. The molecule has 1 fully saturated rings. The molecule has 3 aromatic rings. The van der Waals surface area contributed by atoms with Gasteiger partial charge in [-0.3, -0.25) is 9.59 Å². The Hall–Kier alpha value is -4.80. The van der Waals surface area contributed by atoms with Crippen molar-refractivity contribution >= 4 is 47.1 Å². The molecule has 0 aliphatic carbocycles. The van der Waals surface area contributed by atoms with Gasteiger partial charge in [0.1, 0.15) is 17.1 Å². The molecule has 0 radical (unpaired) electrons. The summed E-state index contributed by atoms with van der Waals surface area (Å²) < 4.78 is 74.8. The summed E-state index contributed by atoms with van der Waals surface area (Å²) in [4.78, 5) is 54.4. The van der Waals surface area contributed by atoms with Gasteiger partial charge < -0.3 is 20.1 Å². The molecule has 0 atom stereocenters. The Kier molecular flexibility index (Phi) is 10.4. The molecule has 0 bridgehead atoms. The molecule has 1 aliphatic rings. The zero-order valence-electron chi connectivity index (χ0n) is 23.6. The SMILES string of the molecule is COc1cccc(C(=O)Nc2cc(CN3C(=O)N(c4ccc(SC(F)(F)F)cc4)C(=O)C3(C)C)ccn2)c1.O=C(O)C(F)(F)F. The summed E-state index contributed by atoms with van der Waals surface area (Å²) >= 11 is -0.279. The van der Waals surface area contributed by atoms with Crippen LogP contribution in [-0.4, -0.2) is 63.1 Å². The van der Waals surface area contributed by atoms with Gasteiger partial charge in [-0.1, -0.05) is 6.07 Å². The third kappa shape index (κ3) is 8.87. The maximum atomic E-state index is 13.3. The highest BCUT2D eigenvalue weighted by atomic mass is 32.2. The number of alkyl halides is 6. The monoisotopic (exact) mass is 658 g/mol. The number of nitrogens with one attached hydrogen (secondary N) is 1. The number of halogens is 6. The molecular weight excluding hydrogens is 634 g/mol. The number of aliphatic carboxylic acids is 1. The highest BCUT2D eigenvalue weighted by molar-refractivity contribution is 8.00. The number of carbonyl (C=O) groups excluding carboxylic acids is 3. The van der Waals surface area contributed by atoms with Crippen LogP contribution in [0, 0.1) is 0 Å². The van der Waals surface area contributed by atoms with Crippen molar-refractivity contribution in [3.8, 4) is 5.75 Å². The molecule has 0 unspecified atom stereocenters. The average molecular weight is 659 g/mol. The first-order chi connectivity index (χ1) is 20.8. The fraction of sp³-hybridized carbons (Fsp3) is 0.250. The van der Waals surface area contributed by atoms with Gasteiger partial charge >= 0.3 is 23.7 Å². The normalized spacial score (nSPS) is 14.5. The van der Waals surface area contributed by atoms with Crippen LogP contribution in [0.1, 0.15) is 29.8 Å². The number of hydrogen-bond donors (Lipinski definition) is 2. The number of rotatable bonds is 7. The molecule has 17 heteroatoms. The number of carboxylic acid groups (broad SMARTS) is 1. The van der Waals surface area contributed by atoms with Crippen molar-refractivity contribution < 1.29 is 55.4 Å². The molecule has 45 heavy (non-hydrogen) atoms. The second-order valence-electron chi connectivity index (χ2n) is 9.65. The van der Waals surface area contributed by atoms with Gasteiger partial charge in [0.25, 0.3) is 11.8 Å². The number of nitrogens with zero attached hydrogens (tertiary/aromatic N) is 3. The molecule has 2 heterocycles. The molecule has 2 N–H and O–H groups in total. The average Bonchev–Trinajstić information content (AvgIpc) is 3.11. The highest BCUT2D eigenvalue weighted by Gasteiger charge is 2.51. The largest absolute Gasteiger partial charge is 0.497 e. The second-order valence-corrected chi connectivity index (χ2v) is 10.8. The second kappa shape index (κ2) is 13.5. The van der Waals surface area contributed by atoms with E-state index < -0.39 is 41.0 Å².